The molecule has 3 unspecified atom stereocenters. The predicted octanol–water partition coefficient (Wildman–Crippen LogP) is 0.833. The quantitative estimate of drug-likeness (QED) is 0.801. The molecule has 2 heterocycles. The lowest BCUT2D eigenvalue weighted by molar-refractivity contribution is -0.142. The SMILES string of the molecule is CC(CN1CCCC1)NC(=O)N1CC(C)C(C(=O)O)C1. The number of carboxylic acid groups (broad SMARTS) is 1. The number of rotatable bonds is 4. The van der Waals surface area contributed by atoms with Gasteiger partial charge in [0.15, 0.2) is 0 Å². The van der Waals surface area contributed by atoms with Gasteiger partial charge in [-0.3, -0.25) is 4.79 Å². The fraction of sp³-hybridized carbons (Fsp3) is 0.857. The fourth-order valence-electron chi connectivity index (χ4n) is 3.15. The lowest BCUT2D eigenvalue weighted by atomic mass is 9.99. The van der Waals surface area contributed by atoms with E-state index < -0.39 is 11.9 Å². The highest BCUT2D eigenvalue weighted by Crippen LogP contribution is 2.23. The monoisotopic (exact) mass is 283 g/mol. The maximum absolute atomic E-state index is 12.1. The van der Waals surface area contributed by atoms with Crippen LogP contribution in [0.2, 0.25) is 0 Å². The van der Waals surface area contributed by atoms with E-state index in [2.05, 4.69) is 10.2 Å². The number of hydrogen-bond acceptors (Lipinski definition) is 3. The van der Waals surface area contributed by atoms with Crippen molar-refractivity contribution in [2.75, 3.05) is 32.7 Å². The highest BCUT2D eigenvalue weighted by molar-refractivity contribution is 5.77. The van der Waals surface area contributed by atoms with E-state index in [-0.39, 0.29) is 18.0 Å². The standard InChI is InChI=1S/C14H25N3O3/c1-10-7-17(9-12(10)13(18)19)14(20)15-11(2)8-16-5-3-4-6-16/h10-12H,3-9H2,1-2H3,(H,15,20)(H,18,19). The van der Waals surface area contributed by atoms with E-state index in [1.807, 2.05) is 13.8 Å². The lowest BCUT2D eigenvalue weighted by Crippen LogP contribution is -2.47. The average molecular weight is 283 g/mol. The first-order valence-electron chi connectivity index (χ1n) is 7.48. The molecule has 0 aromatic rings. The van der Waals surface area contributed by atoms with Crippen LogP contribution in [0.3, 0.4) is 0 Å². The number of aliphatic carboxylic acids is 1. The Labute approximate surface area is 120 Å². The first-order valence-corrected chi connectivity index (χ1v) is 7.48. The Kier molecular flexibility index (Phi) is 4.86. The van der Waals surface area contributed by atoms with E-state index in [0.717, 1.165) is 19.6 Å². The summed E-state index contributed by atoms with van der Waals surface area (Å²) < 4.78 is 0. The average Bonchev–Trinajstić information content (AvgIpc) is 2.98. The van der Waals surface area contributed by atoms with Crippen molar-refractivity contribution in [3.8, 4) is 0 Å². The third-order valence-electron chi connectivity index (χ3n) is 4.32. The van der Waals surface area contributed by atoms with Crippen molar-refractivity contribution in [3.05, 3.63) is 0 Å². The Morgan fingerprint density at radius 3 is 2.50 bits per heavy atom. The normalized spacial score (nSPS) is 28.6. The van der Waals surface area contributed by atoms with Gasteiger partial charge in [-0.15, -0.1) is 0 Å². The molecule has 6 heteroatoms. The van der Waals surface area contributed by atoms with Gasteiger partial charge in [-0.25, -0.2) is 4.79 Å². The van der Waals surface area contributed by atoms with E-state index in [0.29, 0.717) is 13.1 Å². The van der Waals surface area contributed by atoms with E-state index in [4.69, 9.17) is 5.11 Å². The molecule has 0 aromatic carbocycles. The van der Waals surface area contributed by atoms with Crippen LogP contribution in [-0.2, 0) is 4.79 Å². The second-order valence-electron chi connectivity index (χ2n) is 6.19. The third kappa shape index (κ3) is 3.62. The van der Waals surface area contributed by atoms with Crippen molar-refractivity contribution in [3.63, 3.8) is 0 Å². The maximum Gasteiger partial charge on any atom is 0.317 e. The summed E-state index contributed by atoms with van der Waals surface area (Å²) in [4.78, 5) is 27.2. The Bertz CT molecular complexity index is 369. The number of urea groups is 1. The zero-order valence-electron chi connectivity index (χ0n) is 12.3. The van der Waals surface area contributed by atoms with E-state index in [9.17, 15) is 9.59 Å². The molecule has 2 amide bonds. The summed E-state index contributed by atoms with van der Waals surface area (Å²) in [5, 5.41) is 12.1. The molecule has 0 radical (unpaired) electrons. The number of likely N-dealkylation sites (tertiary alicyclic amines) is 2. The zero-order chi connectivity index (χ0) is 14.7. The van der Waals surface area contributed by atoms with Crippen LogP contribution in [0.25, 0.3) is 0 Å². The topological polar surface area (TPSA) is 72.9 Å². The molecule has 0 aliphatic carbocycles. The van der Waals surface area contributed by atoms with Crippen LogP contribution in [0.4, 0.5) is 4.79 Å². The number of carbonyl (C=O) groups is 2. The van der Waals surface area contributed by atoms with Gasteiger partial charge in [-0.1, -0.05) is 6.92 Å². The van der Waals surface area contributed by atoms with Crippen LogP contribution in [0.15, 0.2) is 0 Å². The summed E-state index contributed by atoms with van der Waals surface area (Å²) in [7, 11) is 0. The second-order valence-corrected chi connectivity index (χ2v) is 6.19. The molecule has 6 nitrogen and oxygen atoms in total. The number of amides is 2. The van der Waals surface area contributed by atoms with Crippen LogP contribution in [0, 0.1) is 11.8 Å². The summed E-state index contributed by atoms with van der Waals surface area (Å²) in [5.41, 5.74) is 0. The third-order valence-corrected chi connectivity index (χ3v) is 4.32. The van der Waals surface area contributed by atoms with Gasteiger partial charge in [0.1, 0.15) is 0 Å². The van der Waals surface area contributed by atoms with Crippen molar-refractivity contribution >= 4 is 12.0 Å². The Hall–Kier alpha value is -1.30. The van der Waals surface area contributed by atoms with E-state index in [1.54, 1.807) is 4.90 Å². The van der Waals surface area contributed by atoms with Gasteiger partial charge in [0.25, 0.3) is 0 Å². The van der Waals surface area contributed by atoms with Crippen LogP contribution in [0.5, 0.6) is 0 Å². The predicted molar refractivity (Wildman–Crippen MR) is 75.5 cm³/mol. The van der Waals surface area contributed by atoms with Crippen LogP contribution < -0.4 is 5.32 Å². The van der Waals surface area contributed by atoms with Crippen LogP contribution in [-0.4, -0.2) is 65.7 Å². The minimum absolute atomic E-state index is 0.0205. The number of carbonyl (C=O) groups excluding carboxylic acids is 1. The van der Waals surface area contributed by atoms with Gasteiger partial charge in [-0.2, -0.15) is 0 Å². The molecule has 0 aromatic heterocycles. The highest BCUT2D eigenvalue weighted by atomic mass is 16.4. The summed E-state index contributed by atoms with van der Waals surface area (Å²) in [6.07, 6.45) is 2.48. The van der Waals surface area contributed by atoms with Gasteiger partial charge in [0.2, 0.25) is 0 Å². The number of carboxylic acids is 1. The van der Waals surface area contributed by atoms with Crippen molar-refractivity contribution in [1.82, 2.24) is 15.1 Å². The molecule has 2 saturated heterocycles. The molecule has 0 spiro atoms. The second kappa shape index (κ2) is 6.43. The smallest absolute Gasteiger partial charge is 0.317 e. The summed E-state index contributed by atoms with van der Waals surface area (Å²) >= 11 is 0. The molecule has 0 saturated carbocycles. The molecule has 114 valence electrons. The number of nitrogens with zero attached hydrogens (tertiary/aromatic N) is 2. The minimum atomic E-state index is -0.807. The lowest BCUT2D eigenvalue weighted by Gasteiger charge is -2.24. The van der Waals surface area contributed by atoms with Crippen molar-refractivity contribution in [2.24, 2.45) is 11.8 Å². The molecule has 2 rings (SSSR count). The van der Waals surface area contributed by atoms with Crippen LogP contribution >= 0.6 is 0 Å². The van der Waals surface area contributed by atoms with Gasteiger partial charge in [-0.05, 0) is 38.8 Å². The first-order chi connectivity index (χ1) is 9.47. The molecule has 2 fully saturated rings. The Morgan fingerprint density at radius 2 is 1.95 bits per heavy atom. The molecule has 20 heavy (non-hydrogen) atoms. The molecule has 2 N–H and O–H groups in total. The fourth-order valence-corrected chi connectivity index (χ4v) is 3.15. The van der Waals surface area contributed by atoms with Gasteiger partial charge in [0, 0.05) is 25.7 Å². The number of nitrogens with one attached hydrogen (secondary N) is 1. The number of hydrogen-bond donors (Lipinski definition) is 2. The van der Waals surface area contributed by atoms with Crippen molar-refractivity contribution in [1.29, 1.82) is 0 Å². The summed E-state index contributed by atoms with van der Waals surface area (Å²) in [5.74, 6) is -1.22. The Balaban J connectivity index is 1.78. The van der Waals surface area contributed by atoms with E-state index >= 15 is 0 Å². The molecular formula is C14H25N3O3. The van der Waals surface area contributed by atoms with E-state index in [1.165, 1.54) is 12.8 Å². The molecule has 2 aliphatic rings. The summed E-state index contributed by atoms with van der Waals surface area (Å²) in [6, 6.07) is -0.0351. The first kappa shape index (κ1) is 15.1. The molecule has 0 bridgehead atoms. The minimum Gasteiger partial charge on any atom is -0.481 e. The maximum atomic E-state index is 12.1. The van der Waals surface area contributed by atoms with Gasteiger partial charge < -0.3 is 20.2 Å². The largest absolute Gasteiger partial charge is 0.481 e. The van der Waals surface area contributed by atoms with Gasteiger partial charge in [0.05, 0.1) is 5.92 Å². The summed E-state index contributed by atoms with van der Waals surface area (Å²) in [6.45, 7) is 7.84. The van der Waals surface area contributed by atoms with Crippen LogP contribution in [0.1, 0.15) is 26.7 Å². The van der Waals surface area contributed by atoms with Crippen molar-refractivity contribution < 1.29 is 14.7 Å². The van der Waals surface area contributed by atoms with Crippen molar-refractivity contribution in [2.45, 2.75) is 32.7 Å². The molecule has 3 atom stereocenters. The molecule has 2 aliphatic heterocycles. The molecular weight excluding hydrogens is 258 g/mol. The van der Waals surface area contributed by atoms with Gasteiger partial charge >= 0.3 is 12.0 Å². The zero-order valence-corrected chi connectivity index (χ0v) is 12.3. The highest BCUT2D eigenvalue weighted by Gasteiger charge is 2.37. The Morgan fingerprint density at radius 1 is 1.30 bits per heavy atom.